The molecule has 0 aliphatic rings. The fourth-order valence-corrected chi connectivity index (χ4v) is 2.55. The first-order valence-corrected chi connectivity index (χ1v) is 7.53. The minimum absolute atomic E-state index is 0.0286. The van der Waals surface area contributed by atoms with Gasteiger partial charge in [-0.2, -0.15) is 0 Å². The number of benzene rings is 1. The molecule has 7 nitrogen and oxygen atoms in total. The van der Waals surface area contributed by atoms with Crippen LogP contribution < -0.4 is 20.3 Å². The van der Waals surface area contributed by atoms with Crippen LogP contribution in [-0.4, -0.2) is 29.7 Å². The van der Waals surface area contributed by atoms with E-state index in [1.807, 2.05) is 0 Å². The molecular weight excluding hydrogens is 322 g/mol. The number of nitrogens with zero attached hydrogens (tertiary/aromatic N) is 2. The summed E-state index contributed by atoms with van der Waals surface area (Å²) in [6.07, 6.45) is 1.60. The van der Waals surface area contributed by atoms with Gasteiger partial charge in [0.05, 0.1) is 19.9 Å². The molecule has 3 rings (SSSR count). The standard InChI is InChI=1S/C18H17N3O4/c1-21-16-11(5-4-8-19-16)9-13(18(21)23)17(22)20-14-7-6-12(24-2)10-15(14)25-3/h4-10H,1-3H3,(H,20,22). The molecule has 128 valence electrons. The van der Waals surface area contributed by atoms with E-state index in [0.717, 1.165) is 0 Å². The molecule has 0 spiro atoms. The molecule has 0 atom stereocenters. The molecule has 7 heteroatoms. The summed E-state index contributed by atoms with van der Waals surface area (Å²) in [4.78, 5) is 29.3. The second-order valence-corrected chi connectivity index (χ2v) is 5.36. The summed E-state index contributed by atoms with van der Waals surface area (Å²) in [6.45, 7) is 0. The second kappa shape index (κ2) is 6.64. The van der Waals surface area contributed by atoms with Crippen molar-refractivity contribution in [1.29, 1.82) is 0 Å². The minimum Gasteiger partial charge on any atom is -0.497 e. The molecule has 1 N–H and O–H groups in total. The smallest absolute Gasteiger partial charge is 0.264 e. The Balaban J connectivity index is 2.01. The van der Waals surface area contributed by atoms with Crippen molar-refractivity contribution in [1.82, 2.24) is 9.55 Å². The van der Waals surface area contributed by atoms with Crippen LogP contribution in [0.1, 0.15) is 10.4 Å². The summed E-state index contributed by atoms with van der Waals surface area (Å²) in [5, 5.41) is 3.41. The van der Waals surface area contributed by atoms with Gasteiger partial charge in [-0.15, -0.1) is 0 Å². The van der Waals surface area contributed by atoms with Crippen molar-refractivity contribution in [3.8, 4) is 11.5 Å². The number of fused-ring (bicyclic) bond motifs is 1. The number of carbonyl (C=O) groups is 1. The SMILES string of the molecule is COc1ccc(NC(=O)c2cc3cccnc3n(C)c2=O)c(OC)c1. The summed E-state index contributed by atoms with van der Waals surface area (Å²) in [6, 6.07) is 10.1. The molecule has 0 bridgehead atoms. The molecule has 0 saturated carbocycles. The van der Waals surface area contributed by atoms with E-state index >= 15 is 0 Å². The van der Waals surface area contributed by atoms with Crippen LogP contribution in [0, 0.1) is 0 Å². The van der Waals surface area contributed by atoms with Crippen LogP contribution in [0.4, 0.5) is 5.69 Å². The van der Waals surface area contributed by atoms with Gasteiger partial charge in [-0.3, -0.25) is 14.2 Å². The summed E-state index contributed by atoms with van der Waals surface area (Å²) >= 11 is 0. The predicted molar refractivity (Wildman–Crippen MR) is 94.5 cm³/mol. The second-order valence-electron chi connectivity index (χ2n) is 5.36. The van der Waals surface area contributed by atoms with Gasteiger partial charge in [0.2, 0.25) is 0 Å². The van der Waals surface area contributed by atoms with Crippen molar-refractivity contribution in [3.63, 3.8) is 0 Å². The molecular formula is C18H17N3O4. The first kappa shape index (κ1) is 16.5. The van der Waals surface area contributed by atoms with Crippen molar-refractivity contribution < 1.29 is 14.3 Å². The van der Waals surface area contributed by atoms with Crippen LogP contribution in [-0.2, 0) is 7.05 Å². The molecule has 2 heterocycles. The highest BCUT2D eigenvalue weighted by Gasteiger charge is 2.16. The Morgan fingerprint density at radius 3 is 2.68 bits per heavy atom. The fourth-order valence-electron chi connectivity index (χ4n) is 2.55. The van der Waals surface area contributed by atoms with Crippen LogP contribution in [0.15, 0.2) is 47.4 Å². The Kier molecular flexibility index (Phi) is 4.38. The molecule has 3 aromatic rings. The zero-order chi connectivity index (χ0) is 18.0. The molecule has 0 saturated heterocycles. The Hall–Kier alpha value is -3.35. The number of hydrogen-bond acceptors (Lipinski definition) is 5. The number of methoxy groups -OCH3 is 2. The summed E-state index contributed by atoms with van der Waals surface area (Å²) in [7, 11) is 4.62. The highest BCUT2D eigenvalue weighted by Crippen LogP contribution is 2.29. The van der Waals surface area contributed by atoms with E-state index in [1.54, 1.807) is 50.7 Å². The molecule has 0 fully saturated rings. The Morgan fingerprint density at radius 2 is 1.96 bits per heavy atom. The number of pyridine rings is 2. The number of hydrogen-bond donors (Lipinski definition) is 1. The normalized spacial score (nSPS) is 10.5. The maximum absolute atomic E-state index is 12.6. The lowest BCUT2D eigenvalue weighted by Gasteiger charge is -2.12. The molecule has 0 aliphatic carbocycles. The molecule has 0 unspecified atom stereocenters. The Morgan fingerprint density at radius 1 is 1.16 bits per heavy atom. The van der Waals surface area contributed by atoms with E-state index in [-0.39, 0.29) is 5.56 Å². The van der Waals surface area contributed by atoms with E-state index in [9.17, 15) is 9.59 Å². The Labute approximate surface area is 143 Å². The van der Waals surface area contributed by atoms with Crippen molar-refractivity contribution >= 4 is 22.6 Å². The summed E-state index contributed by atoms with van der Waals surface area (Å²) < 4.78 is 11.7. The van der Waals surface area contributed by atoms with Gasteiger partial charge >= 0.3 is 0 Å². The minimum atomic E-state index is -0.519. The number of aryl methyl sites for hydroxylation is 1. The molecule has 1 amide bonds. The van der Waals surface area contributed by atoms with Gasteiger partial charge in [-0.1, -0.05) is 0 Å². The zero-order valence-electron chi connectivity index (χ0n) is 14.1. The maximum atomic E-state index is 12.6. The highest BCUT2D eigenvalue weighted by molar-refractivity contribution is 6.06. The summed E-state index contributed by atoms with van der Waals surface area (Å²) in [5.74, 6) is 0.518. The number of anilines is 1. The maximum Gasteiger partial charge on any atom is 0.264 e. The van der Waals surface area contributed by atoms with E-state index in [1.165, 1.54) is 17.7 Å². The van der Waals surface area contributed by atoms with Crippen LogP contribution in [0.25, 0.3) is 11.0 Å². The van der Waals surface area contributed by atoms with E-state index in [0.29, 0.717) is 28.2 Å². The third kappa shape index (κ3) is 3.03. The van der Waals surface area contributed by atoms with Gasteiger partial charge < -0.3 is 14.8 Å². The van der Waals surface area contributed by atoms with Crippen LogP contribution in [0.5, 0.6) is 11.5 Å². The van der Waals surface area contributed by atoms with Gasteiger partial charge in [-0.25, -0.2) is 4.98 Å². The fraction of sp³-hybridized carbons (Fsp3) is 0.167. The number of nitrogens with one attached hydrogen (secondary N) is 1. The van der Waals surface area contributed by atoms with Crippen LogP contribution in [0.3, 0.4) is 0 Å². The Bertz CT molecular complexity index is 1010. The van der Waals surface area contributed by atoms with Gasteiger partial charge in [0, 0.05) is 24.7 Å². The lowest BCUT2D eigenvalue weighted by molar-refractivity contribution is 0.102. The molecule has 1 aromatic carbocycles. The third-order valence-corrected chi connectivity index (χ3v) is 3.87. The highest BCUT2D eigenvalue weighted by atomic mass is 16.5. The number of rotatable bonds is 4. The monoisotopic (exact) mass is 339 g/mol. The van der Waals surface area contributed by atoms with E-state index in [2.05, 4.69) is 10.3 Å². The molecule has 2 aromatic heterocycles. The first-order chi connectivity index (χ1) is 12.0. The summed E-state index contributed by atoms with van der Waals surface area (Å²) in [5.41, 5.74) is 0.574. The average molecular weight is 339 g/mol. The molecule has 25 heavy (non-hydrogen) atoms. The lowest BCUT2D eigenvalue weighted by atomic mass is 10.2. The van der Waals surface area contributed by atoms with Crippen LogP contribution >= 0.6 is 0 Å². The van der Waals surface area contributed by atoms with Gasteiger partial charge in [0.15, 0.2) is 0 Å². The zero-order valence-corrected chi connectivity index (χ0v) is 14.1. The first-order valence-electron chi connectivity index (χ1n) is 7.53. The van der Waals surface area contributed by atoms with Gasteiger partial charge in [0.1, 0.15) is 22.7 Å². The van der Waals surface area contributed by atoms with Crippen molar-refractivity contribution in [2.45, 2.75) is 0 Å². The topological polar surface area (TPSA) is 82.5 Å². The van der Waals surface area contributed by atoms with E-state index < -0.39 is 11.5 Å². The number of amides is 1. The number of carbonyl (C=O) groups excluding carboxylic acids is 1. The van der Waals surface area contributed by atoms with Crippen molar-refractivity contribution in [2.75, 3.05) is 19.5 Å². The van der Waals surface area contributed by atoms with Gasteiger partial charge in [-0.05, 0) is 30.3 Å². The van der Waals surface area contributed by atoms with Gasteiger partial charge in [0.25, 0.3) is 11.5 Å². The number of ether oxygens (including phenoxy) is 2. The largest absolute Gasteiger partial charge is 0.497 e. The molecule has 0 radical (unpaired) electrons. The molecule has 0 aliphatic heterocycles. The third-order valence-electron chi connectivity index (χ3n) is 3.87. The van der Waals surface area contributed by atoms with E-state index in [4.69, 9.17) is 9.47 Å². The van der Waals surface area contributed by atoms with Crippen LogP contribution in [0.2, 0.25) is 0 Å². The number of aromatic nitrogens is 2. The average Bonchev–Trinajstić information content (AvgIpc) is 2.64. The lowest BCUT2D eigenvalue weighted by Crippen LogP contribution is -2.28. The quantitative estimate of drug-likeness (QED) is 0.788. The van der Waals surface area contributed by atoms with Crippen molar-refractivity contribution in [2.24, 2.45) is 7.05 Å². The van der Waals surface area contributed by atoms with Crippen molar-refractivity contribution in [3.05, 3.63) is 58.5 Å². The predicted octanol–water partition coefficient (Wildman–Crippen LogP) is 2.20.